The Labute approximate surface area is 169 Å². The van der Waals surface area contributed by atoms with Gasteiger partial charge in [-0.3, -0.25) is 4.99 Å². The van der Waals surface area contributed by atoms with Crippen molar-refractivity contribution in [2.75, 3.05) is 38.2 Å². The molecule has 1 saturated heterocycles. The molecule has 1 aliphatic heterocycles. The molecule has 2 heterocycles. The summed E-state index contributed by atoms with van der Waals surface area (Å²) in [4.78, 5) is 6.74. The van der Waals surface area contributed by atoms with Gasteiger partial charge in [0.2, 0.25) is 0 Å². The number of nitrogens with one attached hydrogen (secondary N) is 2. The zero-order valence-corrected chi connectivity index (χ0v) is 17.2. The van der Waals surface area contributed by atoms with Gasteiger partial charge in [-0.1, -0.05) is 12.1 Å². The van der Waals surface area contributed by atoms with Gasteiger partial charge in [0.25, 0.3) is 0 Å². The van der Waals surface area contributed by atoms with Crippen LogP contribution in [0.5, 0.6) is 0 Å². The van der Waals surface area contributed by atoms with Gasteiger partial charge in [0.15, 0.2) is 5.96 Å². The van der Waals surface area contributed by atoms with Crippen LogP contribution in [-0.4, -0.2) is 45.3 Å². The van der Waals surface area contributed by atoms with Gasteiger partial charge in [-0.15, -0.1) is 0 Å². The summed E-state index contributed by atoms with van der Waals surface area (Å²) in [6.07, 6.45) is 3.67. The number of nitrogens with zero attached hydrogens (tertiary/aromatic N) is 2. The van der Waals surface area contributed by atoms with Crippen LogP contribution < -0.4 is 15.5 Å². The monoisotopic (exact) mass is 434 g/mol. The highest BCUT2D eigenvalue weighted by Gasteiger charge is 2.24. The Morgan fingerprint density at radius 2 is 2.22 bits per heavy atom. The van der Waals surface area contributed by atoms with Crippen molar-refractivity contribution in [3.8, 4) is 0 Å². The van der Waals surface area contributed by atoms with Crippen LogP contribution >= 0.6 is 15.9 Å². The van der Waals surface area contributed by atoms with Crippen LogP contribution in [0.2, 0.25) is 0 Å². The van der Waals surface area contributed by atoms with Gasteiger partial charge in [0.05, 0.1) is 12.0 Å². The van der Waals surface area contributed by atoms with E-state index < -0.39 is 0 Å². The van der Waals surface area contributed by atoms with E-state index in [1.165, 1.54) is 5.69 Å². The lowest BCUT2D eigenvalue weighted by Gasteiger charge is -2.21. The molecule has 1 aromatic carbocycles. The number of hydrogen-bond donors (Lipinski definition) is 2. The molecule has 1 unspecified atom stereocenters. The minimum Gasteiger partial charge on any atom is -0.467 e. The van der Waals surface area contributed by atoms with Crippen molar-refractivity contribution in [3.05, 3.63) is 52.9 Å². The first-order valence-electron chi connectivity index (χ1n) is 9.33. The number of ether oxygens (including phenoxy) is 1. The molecule has 1 fully saturated rings. The second-order valence-electron chi connectivity index (χ2n) is 6.51. The number of halogens is 1. The highest BCUT2D eigenvalue weighted by Crippen LogP contribution is 2.28. The van der Waals surface area contributed by atoms with Crippen molar-refractivity contribution < 1.29 is 9.15 Å². The molecular weight excluding hydrogens is 408 g/mol. The Kier molecular flexibility index (Phi) is 7.59. The van der Waals surface area contributed by atoms with Gasteiger partial charge < -0.3 is 24.7 Å². The van der Waals surface area contributed by atoms with E-state index in [9.17, 15) is 0 Å². The van der Waals surface area contributed by atoms with Gasteiger partial charge in [0, 0.05) is 43.8 Å². The normalized spacial score (nSPS) is 17.3. The van der Waals surface area contributed by atoms with Gasteiger partial charge in [-0.25, -0.2) is 0 Å². The summed E-state index contributed by atoms with van der Waals surface area (Å²) in [6, 6.07) is 12.5. The molecule has 2 aromatic rings. The zero-order chi connectivity index (χ0) is 18.9. The first kappa shape index (κ1) is 19.8. The van der Waals surface area contributed by atoms with Crippen LogP contribution in [0.25, 0.3) is 0 Å². The Balaban J connectivity index is 1.34. The Hall–Kier alpha value is -1.99. The highest BCUT2D eigenvalue weighted by atomic mass is 79.9. The molecule has 3 rings (SSSR count). The highest BCUT2D eigenvalue weighted by molar-refractivity contribution is 9.10. The second kappa shape index (κ2) is 10.4. The number of anilines is 1. The molecule has 0 bridgehead atoms. The van der Waals surface area contributed by atoms with Crippen LogP contribution in [0.4, 0.5) is 5.69 Å². The third kappa shape index (κ3) is 6.01. The maximum atomic E-state index is 5.60. The summed E-state index contributed by atoms with van der Waals surface area (Å²) in [6.45, 7) is 4.03. The van der Waals surface area contributed by atoms with E-state index >= 15 is 0 Å². The molecular formula is C20H27BrN4O2. The topological polar surface area (TPSA) is 62.0 Å². The number of aliphatic imine (C=N–C) groups is 1. The van der Waals surface area contributed by atoms with Crippen LogP contribution in [0, 0.1) is 0 Å². The fourth-order valence-electron chi connectivity index (χ4n) is 3.14. The van der Waals surface area contributed by atoms with E-state index in [0.29, 0.717) is 19.3 Å². The molecule has 0 aliphatic carbocycles. The van der Waals surface area contributed by atoms with E-state index in [-0.39, 0.29) is 0 Å². The number of guanidine groups is 1. The molecule has 146 valence electrons. The zero-order valence-electron chi connectivity index (χ0n) is 15.7. The lowest BCUT2D eigenvalue weighted by atomic mass is 10.2. The van der Waals surface area contributed by atoms with Gasteiger partial charge in [0.1, 0.15) is 12.4 Å². The van der Waals surface area contributed by atoms with E-state index in [1.807, 2.05) is 25.2 Å². The molecule has 7 heteroatoms. The molecule has 27 heavy (non-hydrogen) atoms. The lowest BCUT2D eigenvalue weighted by molar-refractivity contribution is 0.105. The molecule has 1 aromatic heterocycles. The van der Waals surface area contributed by atoms with Crippen molar-refractivity contribution in [3.63, 3.8) is 0 Å². The summed E-state index contributed by atoms with van der Waals surface area (Å²) in [7, 11) is 1.81. The van der Waals surface area contributed by atoms with E-state index in [1.54, 1.807) is 6.26 Å². The maximum absolute atomic E-state index is 5.60. The maximum Gasteiger partial charge on any atom is 0.191 e. The van der Waals surface area contributed by atoms with Crippen LogP contribution in [0.1, 0.15) is 18.6 Å². The average Bonchev–Trinajstić information content (AvgIpc) is 3.36. The lowest BCUT2D eigenvalue weighted by Crippen LogP contribution is -2.45. The molecule has 1 atom stereocenters. The fraction of sp³-hybridized carbons (Fsp3) is 0.450. The summed E-state index contributed by atoms with van der Waals surface area (Å²) in [5.74, 6) is 1.70. The Morgan fingerprint density at radius 3 is 3.00 bits per heavy atom. The summed E-state index contributed by atoms with van der Waals surface area (Å²) >= 11 is 3.64. The molecule has 0 radical (unpaired) electrons. The summed E-state index contributed by atoms with van der Waals surface area (Å²) < 4.78 is 12.0. The molecule has 6 nitrogen and oxygen atoms in total. The molecule has 0 amide bonds. The predicted molar refractivity (Wildman–Crippen MR) is 112 cm³/mol. The molecule has 2 N–H and O–H groups in total. The van der Waals surface area contributed by atoms with Gasteiger partial charge in [-0.2, -0.15) is 0 Å². The molecule has 0 spiro atoms. The predicted octanol–water partition coefficient (Wildman–Crippen LogP) is 3.39. The second-order valence-corrected chi connectivity index (χ2v) is 7.37. The minimum absolute atomic E-state index is 0.388. The Morgan fingerprint density at radius 1 is 1.33 bits per heavy atom. The van der Waals surface area contributed by atoms with Crippen LogP contribution in [0.15, 0.2) is 56.5 Å². The minimum atomic E-state index is 0.388. The molecule has 0 saturated carbocycles. The van der Waals surface area contributed by atoms with Gasteiger partial charge in [-0.05, 0) is 53.0 Å². The smallest absolute Gasteiger partial charge is 0.191 e. The standard InChI is InChI=1S/C20H27BrN4O2/c1-22-20(23-10-5-12-26-15-17-6-4-13-27-17)24-16-9-11-25(14-16)19-8-3-2-7-18(19)21/h2-4,6-8,13,16H,5,9-12,14-15H2,1H3,(H2,22,23,24). The number of rotatable bonds is 8. The quantitative estimate of drug-likeness (QED) is 0.378. The average molecular weight is 435 g/mol. The summed E-state index contributed by atoms with van der Waals surface area (Å²) in [5, 5.41) is 6.89. The van der Waals surface area contributed by atoms with Crippen LogP contribution in [0.3, 0.4) is 0 Å². The number of benzene rings is 1. The Bertz CT molecular complexity index is 721. The van der Waals surface area contributed by atoms with Crippen molar-refractivity contribution in [2.24, 2.45) is 4.99 Å². The summed E-state index contributed by atoms with van der Waals surface area (Å²) in [5.41, 5.74) is 1.25. The van der Waals surface area contributed by atoms with E-state index in [2.05, 4.69) is 54.7 Å². The van der Waals surface area contributed by atoms with Gasteiger partial charge >= 0.3 is 0 Å². The van der Waals surface area contributed by atoms with Crippen molar-refractivity contribution in [1.82, 2.24) is 10.6 Å². The SMILES string of the molecule is CN=C(NCCCOCc1ccco1)NC1CCN(c2ccccc2Br)C1. The largest absolute Gasteiger partial charge is 0.467 e. The fourth-order valence-corrected chi connectivity index (χ4v) is 3.68. The molecule has 1 aliphatic rings. The first-order valence-corrected chi connectivity index (χ1v) is 10.1. The number of para-hydroxylation sites is 1. The first-order chi connectivity index (χ1) is 13.3. The van der Waals surface area contributed by atoms with Crippen molar-refractivity contribution in [2.45, 2.75) is 25.5 Å². The van der Waals surface area contributed by atoms with Crippen LogP contribution in [-0.2, 0) is 11.3 Å². The van der Waals surface area contributed by atoms with E-state index in [4.69, 9.17) is 9.15 Å². The number of furan rings is 1. The van der Waals surface area contributed by atoms with Crippen molar-refractivity contribution in [1.29, 1.82) is 0 Å². The third-order valence-corrected chi connectivity index (χ3v) is 5.20. The number of hydrogen-bond acceptors (Lipinski definition) is 4. The third-order valence-electron chi connectivity index (χ3n) is 4.53. The van der Waals surface area contributed by atoms with E-state index in [0.717, 1.165) is 48.7 Å². The van der Waals surface area contributed by atoms with Crippen molar-refractivity contribution >= 4 is 27.6 Å².